The van der Waals surface area contributed by atoms with Crippen molar-refractivity contribution >= 4 is 12.3 Å². The molecule has 0 aromatic heterocycles. The predicted octanol–water partition coefficient (Wildman–Crippen LogP) is 2.23. The van der Waals surface area contributed by atoms with Gasteiger partial charge in [-0.1, -0.05) is 0 Å². The van der Waals surface area contributed by atoms with Gasteiger partial charge in [0.2, 0.25) is 0 Å². The number of rotatable bonds is 8. The molecule has 0 N–H and O–H groups in total. The summed E-state index contributed by atoms with van der Waals surface area (Å²) in [6.07, 6.45) is 1.60. The summed E-state index contributed by atoms with van der Waals surface area (Å²) in [5.41, 5.74) is 0.515. The van der Waals surface area contributed by atoms with Crippen LogP contribution in [0.1, 0.15) is 30.1 Å². The number of carbonyl (C=O) groups excluding carboxylic acids is 2. The van der Waals surface area contributed by atoms with Crippen LogP contribution in [0.15, 0.2) is 18.2 Å². The Balaban J connectivity index is 2.47. The maximum atomic E-state index is 11.1. The van der Waals surface area contributed by atoms with Gasteiger partial charge in [-0.2, -0.15) is 0 Å². The molecule has 0 fully saturated rings. The van der Waals surface area contributed by atoms with Gasteiger partial charge >= 0.3 is 5.97 Å². The molecule has 0 aliphatic heterocycles. The first-order valence-corrected chi connectivity index (χ1v) is 6.13. The number of benzene rings is 1. The Kier molecular flexibility index (Phi) is 6.43. The fraction of sp³-hybridized carbons (Fsp3) is 0.429. The summed E-state index contributed by atoms with van der Waals surface area (Å²) >= 11 is 0. The quantitative estimate of drug-likeness (QED) is 0.410. The van der Waals surface area contributed by atoms with Crippen molar-refractivity contribution in [3.8, 4) is 11.5 Å². The number of aldehydes is 1. The number of hydrogen-bond donors (Lipinski definition) is 0. The zero-order valence-corrected chi connectivity index (χ0v) is 11.2. The Hall–Kier alpha value is -2.04. The summed E-state index contributed by atoms with van der Waals surface area (Å²) < 4.78 is 15.4. The Morgan fingerprint density at radius 3 is 2.74 bits per heavy atom. The molecule has 0 saturated carbocycles. The van der Waals surface area contributed by atoms with Crippen LogP contribution in [0.3, 0.4) is 0 Å². The fourth-order valence-corrected chi connectivity index (χ4v) is 1.51. The summed E-state index contributed by atoms with van der Waals surface area (Å²) in [7, 11) is 1.53. The zero-order chi connectivity index (χ0) is 14.1. The van der Waals surface area contributed by atoms with Crippen LogP contribution in [0.4, 0.5) is 0 Å². The smallest absolute Gasteiger partial charge is 0.305 e. The lowest BCUT2D eigenvalue weighted by Crippen LogP contribution is -2.07. The zero-order valence-electron chi connectivity index (χ0n) is 11.2. The molecular weight excluding hydrogens is 248 g/mol. The maximum absolute atomic E-state index is 11.1. The highest BCUT2D eigenvalue weighted by Gasteiger charge is 2.06. The van der Waals surface area contributed by atoms with Crippen molar-refractivity contribution in [3.05, 3.63) is 23.8 Å². The second kappa shape index (κ2) is 8.13. The molecule has 0 amide bonds. The highest BCUT2D eigenvalue weighted by atomic mass is 16.5. The molecule has 0 saturated heterocycles. The second-order valence-electron chi connectivity index (χ2n) is 3.79. The summed E-state index contributed by atoms with van der Waals surface area (Å²) in [5.74, 6) is 0.817. The highest BCUT2D eigenvalue weighted by molar-refractivity contribution is 5.76. The van der Waals surface area contributed by atoms with Crippen LogP contribution >= 0.6 is 0 Å². The third-order valence-electron chi connectivity index (χ3n) is 2.41. The van der Waals surface area contributed by atoms with Crippen LogP contribution in [0, 0.1) is 0 Å². The molecule has 0 aliphatic carbocycles. The molecule has 0 bridgehead atoms. The third kappa shape index (κ3) is 4.99. The number of carbonyl (C=O) groups is 2. The van der Waals surface area contributed by atoms with Crippen molar-refractivity contribution in [3.63, 3.8) is 0 Å². The Labute approximate surface area is 112 Å². The van der Waals surface area contributed by atoms with E-state index in [2.05, 4.69) is 0 Å². The van der Waals surface area contributed by atoms with Gasteiger partial charge in [0.25, 0.3) is 0 Å². The van der Waals surface area contributed by atoms with E-state index < -0.39 is 0 Å². The van der Waals surface area contributed by atoms with Gasteiger partial charge in [-0.05, 0) is 31.5 Å². The second-order valence-corrected chi connectivity index (χ2v) is 3.79. The van der Waals surface area contributed by atoms with Crippen molar-refractivity contribution in [1.29, 1.82) is 0 Å². The summed E-state index contributed by atoms with van der Waals surface area (Å²) in [5, 5.41) is 0. The van der Waals surface area contributed by atoms with Crippen molar-refractivity contribution in [2.24, 2.45) is 0 Å². The molecule has 0 heterocycles. The van der Waals surface area contributed by atoms with Crippen molar-refractivity contribution in [2.45, 2.75) is 19.8 Å². The van der Waals surface area contributed by atoms with E-state index in [1.54, 1.807) is 25.1 Å². The van der Waals surface area contributed by atoms with Crippen LogP contribution in [0.5, 0.6) is 11.5 Å². The lowest BCUT2D eigenvalue weighted by atomic mass is 10.2. The molecule has 1 aromatic rings. The van der Waals surface area contributed by atoms with Gasteiger partial charge in [0.05, 0.1) is 20.3 Å². The number of methoxy groups -OCH3 is 1. The lowest BCUT2D eigenvalue weighted by molar-refractivity contribution is -0.143. The first kappa shape index (κ1) is 15.0. The topological polar surface area (TPSA) is 61.8 Å². The normalized spacial score (nSPS) is 9.79. The largest absolute Gasteiger partial charge is 0.493 e. The van der Waals surface area contributed by atoms with Crippen molar-refractivity contribution in [2.75, 3.05) is 20.3 Å². The SMILES string of the molecule is CCOC(=O)CCCOc1cc(C=O)ccc1OC. The van der Waals surface area contributed by atoms with E-state index in [0.29, 0.717) is 43.1 Å². The van der Waals surface area contributed by atoms with Gasteiger partial charge in [0, 0.05) is 12.0 Å². The van der Waals surface area contributed by atoms with Crippen molar-refractivity contribution in [1.82, 2.24) is 0 Å². The van der Waals surface area contributed by atoms with Crippen LogP contribution in [0.2, 0.25) is 0 Å². The van der Waals surface area contributed by atoms with E-state index in [1.807, 2.05) is 0 Å². The Bertz CT molecular complexity index is 428. The molecule has 1 aromatic carbocycles. The van der Waals surface area contributed by atoms with E-state index >= 15 is 0 Å². The molecule has 0 unspecified atom stereocenters. The molecular formula is C14H18O5. The molecule has 0 atom stereocenters. The van der Waals surface area contributed by atoms with Gasteiger partial charge in [-0.25, -0.2) is 0 Å². The molecule has 19 heavy (non-hydrogen) atoms. The van der Waals surface area contributed by atoms with Gasteiger partial charge in [0.1, 0.15) is 6.29 Å². The number of esters is 1. The van der Waals surface area contributed by atoms with Gasteiger partial charge < -0.3 is 14.2 Å². The minimum Gasteiger partial charge on any atom is -0.493 e. The molecule has 0 aliphatic rings. The van der Waals surface area contributed by atoms with Gasteiger partial charge in [-0.15, -0.1) is 0 Å². The fourth-order valence-electron chi connectivity index (χ4n) is 1.51. The van der Waals surface area contributed by atoms with Gasteiger partial charge in [-0.3, -0.25) is 9.59 Å². The first-order chi connectivity index (χ1) is 9.21. The Morgan fingerprint density at radius 2 is 2.11 bits per heavy atom. The average molecular weight is 266 g/mol. The van der Waals surface area contributed by atoms with Crippen LogP contribution < -0.4 is 9.47 Å². The highest BCUT2D eigenvalue weighted by Crippen LogP contribution is 2.27. The maximum Gasteiger partial charge on any atom is 0.305 e. The first-order valence-electron chi connectivity index (χ1n) is 6.13. The monoisotopic (exact) mass is 266 g/mol. The lowest BCUT2D eigenvalue weighted by Gasteiger charge is -2.10. The summed E-state index contributed by atoms with van der Waals surface area (Å²) in [6.45, 7) is 2.51. The van der Waals surface area contributed by atoms with Crippen LogP contribution in [0.25, 0.3) is 0 Å². The van der Waals surface area contributed by atoms with E-state index in [4.69, 9.17) is 14.2 Å². The average Bonchev–Trinajstić information content (AvgIpc) is 2.43. The van der Waals surface area contributed by atoms with E-state index in [9.17, 15) is 9.59 Å². The standard InChI is InChI=1S/C14H18O5/c1-3-18-14(16)5-4-8-19-13-9-11(10-15)6-7-12(13)17-2/h6-7,9-10H,3-5,8H2,1-2H3. The summed E-state index contributed by atoms with van der Waals surface area (Å²) in [6, 6.07) is 4.93. The number of hydrogen-bond acceptors (Lipinski definition) is 5. The minimum atomic E-state index is -0.236. The Morgan fingerprint density at radius 1 is 1.32 bits per heavy atom. The van der Waals surface area contributed by atoms with E-state index in [1.165, 1.54) is 7.11 Å². The van der Waals surface area contributed by atoms with E-state index in [-0.39, 0.29) is 5.97 Å². The molecule has 104 valence electrons. The van der Waals surface area contributed by atoms with E-state index in [0.717, 1.165) is 6.29 Å². The van der Waals surface area contributed by atoms with Crippen LogP contribution in [-0.4, -0.2) is 32.6 Å². The molecule has 5 heteroatoms. The molecule has 1 rings (SSSR count). The predicted molar refractivity (Wildman–Crippen MR) is 69.7 cm³/mol. The molecule has 5 nitrogen and oxygen atoms in total. The van der Waals surface area contributed by atoms with Gasteiger partial charge in [0.15, 0.2) is 11.5 Å². The molecule has 0 spiro atoms. The number of ether oxygens (including phenoxy) is 3. The van der Waals surface area contributed by atoms with Crippen LogP contribution in [-0.2, 0) is 9.53 Å². The van der Waals surface area contributed by atoms with Crippen molar-refractivity contribution < 1.29 is 23.8 Å². The minimum absolute atomic E-state index is 0.236. The summed E-state index contributed by atoms with van der Waals surface area (Å²) in [4.78, 5) is 21.8. The third-order valence-corrected chi connectivity index (χ3v) is 2.41. The molecule has 0 radical (unpaired) electrons.